The Kier molecular flexibility index (Phi) is 6.04. The number of fused-ring (bicyclic) bond motifs is 2. The van der Waals surface area contributed by atoms with Crippen LogP contribution in [0.1, 0.15) is 60.6 Å². The standard InChI is InChI=1S/C28H29N3O5/c1-28(2)11-10-18-12-16(8-9-23(18)36-28)13-22-25(27(34)31-30-22)19(15-24(32)35-3)20-14-17-6-4-5-7-21(17)29-26(20)33/h4-9,12,14,19H,10-11,13,15H2,1-3H3,(H,29,33)(H2,30,31,34). The number of ether oxygens (including phenoxy) is 2. The Morgan fingerprint density at radius 2 is 1.89 bits per heavy atom. The number of benzene rings is 2. The molecule has 8 heteroatoms. The average molecular weight is 488 g/mol. The molecular weight excluding hydrogens is 458 g/mol. The molecule has 0 radical (unpaired) electrons. The number of aromatic nitrogens is 3. The van der Waals surface area contributed by atoms with E-state index in [2.05, 4.69) is 35.1 Å². The number of H-pyrrole nitrogens is 3. The smallest absolute Gasteiger partial charge is 0.306 e. The van der Waals surface area contributed by atoms with E-state index >= 15 is 0 Å². The van der Waals surface area contributed by atoms with Crippen LogP contribution in [0.4, 0.5) is 0 Å². The lowest BCUT2D eigenvalue weighted by Crippen LogP contribution is -2.32. The largest absolute Gasteiger partial charge is 0.488 e. The van der Waals surface area contributed by atoms with Crippen LogP contribution in [0.3, 0.4) is 0 Å². The molecule has 3 N–H and O–H groups in total. The van der Waals surface area contributed by atoms with E-state index in [-0.39, 0.29) is 23.1 Å². The molecule has 36 heavy (non-hydrogen) atoms. The Hall–Kier alpha value is -4.07. The molecule has 0 spiro atoms. The van der Waals surface area contributed by atoms with Gasteiger partial charge >= 0.3 is 5.97 Å². The summed E-state index contributed by atoms with van der Waals surface area (Å²) in [5, 5.41) is 6.45. The number of nitrogens with one attached hydrogen (secondary N) is 3. The summed E-state index contributed by atoms with van der Waals surface area (Å²) in [6.07, 6.45) is 2.11. The Morgan fingerprint density at radius 1 is 1.08 bits per heavy atom. The zero-order valence-electron chi connectivity index (χ0n) is 20.6. The average Bonchev–Trinajstić information content (AvgIpc) is 3.21. The number of carbonyl (C=O) groups is 1. The van der Waals surface area contributed by atoms with Gasteiger partial charge in [0.2, 0.25) is 0 Å². The summed E-state index contributed by atoms with van der Waals surface area (Å²) >= 11 is 0. The maximum Gasteiger partial charge on any atom is 0.306 e. The van der Waals surface area contributed by atoms with Gasteiger partial charge in [-0.1, -0.05) is 30.3 Å². The molecule has 2 aromatic carbocycles. The second-order valence-electron chi connectivity index (χ2n) is 9.93. The molecule has 1 aliphatic rings. The first-order valence-electron chi connectivity index (χ1n) is 12.0. The lowest BCUT2D eigenvalue weighted by atomic mass is 9.87. The number of carbonyl (C=O) groups excluding carboxylic acids is 1. The summed E-state index contributed by atoms with van der Waals surface area (Å²) in [5.41, 5.74) is 3.23. The minimum atomic E-state index is -0.780. The zero-order chi connectivity index (χ0) is 25.4. The van der Waals surface area contributed by atoms with Crippen molar-refractivity contribution in [1.82, 2.24) is 15.2 Å². The molecule has 0 amide bonds. The Bertz CT molecular complexity index is 1560. The Balaban J connectivity index is 1.56. The van der Waals surface area contributed by atoms with Crippen LogP contribution < -0.4 is 15.9 Å². The van der Waals surface area contributed by atoms with Crippen molar-refractivity contribution >= 4 is 16.9 Å². The number of methoxy groups -OCH3 is 1. The number of hydrogen-bond acceptors (Lipinski definition) is 5. The predicted octanol–water partition coefficient (Wildman–Crippen LogP) is 3.93. The minimum absolute atomic E-state index is 0.140. The zero-order valence-corrected chi connectivity index (χ0v) is 20.6. The van der Waals surface area contributed by atoms with Crippen molar-refractivity contribution in [2.75, 3.05) is 7.11 Å². The number of hydrogen-bond donors (Lipinski definition) is 3. The molecule has 8 nitrogen and oxygen atoms in total. The van der Waals surface area contributed by atoms with Gasteiger partial charge in [-0.05, 0) is 61.4 Å². The molecule has 1 atom stereocenters. The van der Waals surface area contributed by atoms with E-state index in [1.807, 2.05) is 36.4 Å². The molecule has 186 valence electrons. The quantitative estimate of drug-likeness (QED) is 0.356. The van der Waals surface area contributed by atoms with E-state index in [1.165, 1.54) is 7.11 Å². The summed E-state index contributed by atoms with van der Waals surface area (Å²) in [7, 11) is 1.29. The highest BCUT2D eigenvalue weighted by atomic mass is 16.5. The monoisotopic (exact) mass is 487 g/mol. The van der Waals surface area contributed by atoms with Gasteiger partial charge in [0.25, 0.3) is 11.1 Å². The molecule has 0 aliphatic carbocycles. The van der Waals surface area contributed by atoms with Gasteiger partial charge in [0.1, 0.15) is 11.4 Å². The fourth-order valence-electron chi connectivity index (χ4n) is 4.98. The van der Waals surface area contributed by atoms with Crippen LogP contribution in [0.25, 0.3) is 10.9 Å². The number of aromatic amines is 3. The van der Waals surface area contributed by atoms with E-state index in [0.29, 0.717) is 28.8 Å². The molecular formula is C28H29N3O5. The van der Waals surface area contributed by atoms with Crippen molar-refractivity contribution in [3.63, 3.8) is 0 Å². The van der Waals surface area contributed by atoms with Gasteiger partial charge in [0, 0.05) is 34.7 Å². The van der Waals surface area contributed by atoms with E-state index in [4.69, 9.17) is 9.47 Å². The molecule has 2 aromatic heterocycles. The van der Waals surface area contributed by atoms with Crippen LogP contribution in [-0.2, 0) is 22.4 Å². The van der Waals surface area contributed by atoms with Crippen molar-refractivity contribution in [1.29, 1.82) is 0 Å². The number of esters is 1. The normalized spacial score (nSPS) is 15.2. The number of rotatable bonds is 6. The topological polar surface area (TPSA) is 117 Å². The van der Waals surface area contributed by atoms with Crippen molar-refractivity contribution in [2.45, 2.75) is 51.0 Å². The highest BCUT2D eigenvalue weighted by Crippen LogP contribution is 2.34. The third-order valence-corrected chi connectivity index (χ3v) is 6.89. The van der Waals surface area contributed by atoms with Gasteiger partial charge in [-0.25, -0.2) is 0 Å². The van der Waals surface area contributed by atoms with Gasteiger partial charge in [-0.3, -0.25) is 19.5 Å². The summed E-state index contributed by atoms with van der Waals surface area (Å²) < 4.78 is 11.0. The van der Waals surface area contributed by atoms with Crippen molar-refractivity contribution in [3.05, 3.63) is 97.2 Å². The van der Waals surface area contributed by atoms with Crippen LogP contribution in [0.5, 0.6) is 5.75 Å². The maximum absolute atomic E-state index is 13.1. The number of aryl methyl sites for hydroxylation is 1. The molecule has 5 rings (SSSR count). The fourth-order valence-corrected chi connectivity index (χ4v) is 4.98. The highest BCUT2D eigenvalue weighted by Gasteiger charge is 2.29. The molecule has 1 aliphatic heterocycles. The van der Waals surface area contributed by atoms with Gasteiger partial charge in [0.05, 0.1) is 13.5 Å². The lowest BCUT2D eigenvalue weighted by Gasteiger charge is -2.32. The van der Waals surface area contributed by atoms with Crippen molar-refractivity contribution in [2.24, 2.45) is 0 Å². The maximum atomic E-state index is 13.1. The number of pyridine rings is 1. The minimum Gasteiger partial charge on any atom is -0.488 e. The SMILES string of the molecule is COC(=O)CC(c1cc2ccccc2[nH]c1=O)c1c(Cc2ccc3c(c2)CCC(C)(C)O3)[nH][nH]c1=O. The van der Waals surface area contributed by atoms with Crippen LogP contribution in [-0.4, -0.2) is 33.9 Å². The highest BCUT2D eigenvalue weighted by molar-refractivity contribution is 5.79. The molecule has 0 saturated carbocycles. The number of para-hydroxylation sites is 1. The van der Waals surface area contributed by atoms with E-state index in [0.717, 1.165) is 35.1 Å². The third kappa shape index (κ3) is 4.58. The Morgan fingerprint density at radius 3 is 2.69 bits per heavy atom. The summed E-state index contributed by atoms with van der Waals surface area (Å²) in [6.45, 7) is 4.16. The molecule has 0 saturated heterocycles. The second kappa shape index (κ2) is 9.18. The predicted molar refractivity (Wildman–Crippen MR) is 137 cm³/mol. The van der Waals surface area contributed by atoms with Crippen LogP contribution in [0, 0.1) is 0 Å². The van der Waals surface area contributed by atoms with Gasteiger partial charge in [-0.2, -0.15) is 0 Å². The molecule has 0 fully saturated rings. The third-order valence-electron chi connectivity index (χ3n) is 6.89. The van der Waals surface area contributed by atoms with Crippen LogP contribution in [0.2, 0.25) is 0 Å². The van der Waals surface area contributed by atoms with E-state index in [9.17, 15) is 14.4 Å². The van der Waals surface area contributed by atoms with Crippen LogP contribution >= 0.6 is 0 Å². The van der Waals surface area contributed by atoms with Gasteiger partial charge in [0.15, 0.2) is 0 Å². The molecule has 3 heterocycles. The van der Waals surface area contributed by atoms with Crippen LogP contribution in [0.15, 0.2) is 58.1 Å². The molecule has 4 aromatic rings. The Labute approximate surface area is 207 Å². The first-order valence-corrected chi connectivity index (χ1v) is 12.0. The van der Waals surface area contributed by atoms with Crippen molar-refractivity contribution < 1.29 is 14.3 Å². The molecule has 1 unspecified atom stereocenters. The fraction of sp³-hybridized carbons (Fsp3) is 0.321. The summed E-state index contributed by atoms with van der Waals surface area (Å²) in [5.74, 6) is -0.408. The van der Waals surface area contributed by atoms with Gasteiger partial charge < -0.3 is 19.6 Å². The summed E-state index contributed by atoms with van der Waals surface area (Å²) in [6, 6.07) is 15.2. The first-order chi connectivity index (χ1) is 17.2. The first kappa shape index (κ1) is 23.7. The van der Waals surface area contributed by atoms with E-state index in [1.54, 1.807) is 6.07 Å². The van der Waals surface area contributed by atoms with Crippen molar-refractivity contribution in [3.8, 4) is 5.75 Å². The van der Waals surface area contributed by atoms with Gasteiger partial charge in [-0.15, -0.1) is 0 Å². The lowest BCUT2D eigenvalue weighted by molar-refractivity contribution is -0.140. The summed E-state index contributed by atoms with van der Waals surface area (Å²) in [4.78, 5) is 41.4. The van der Waals surface area contributed by atoms with E-state index < -0.39 is 11.9 Å². The second-order valence-corrected chi connectivity index (χ2v) is 9.93. The molecule has 0 bridgehead atoms.